The van der Waals surface area contributed by atoms with Crippen LogP contribution in [0.15, 0.2) is 18.2 Å². The van der Waals surface area contributed by atoms with E-state index < -0.39 is 0 Å². The second kappa shape index (κ2) is 3.49. The van der Waals surface area contributed by atoms with Gasteiger partial charge in [-0.05, 0) is 36.5 Å². The molecule has 0 bridgehead atoms. The van der Waals surface area contributed by atoms with Gasteiger partial charge in [-0.15, -0.1) is 0 Å². The lowest BCUT2D eigenvalue weighted by Gasteiger charge is -2.25. The molecule has 0 atom stereocenters. The minimum Gasteiger partial charge on any atom is -0.207 e. The van der Waals surface area contributed by atoms with Gasteiger partial charge in [-0.3, -0.25) is 0 Å². The van der Waals surface area contributed by atoms with Crippen molar-refractivity contribution in [3.8, 4) is 0 Å². The Hall–Kier alpha value is -0.850. The lowest BCUT2D eigenvalue weighted by Crippen LogP contribution is -2.13. The summed E-state index contributed by atoms with van der Waals surface area (Å²) >= 11 is 0. The molecule has 0 amide bonds. The van der Waals surface area contributed by atoms with E-state index in [2.05, 4.69) is 0 Å². The first-order valence-electron chi connectivity index (χ1n) is 5.01. The van der Waals surface area contributed by atoms with Crippen molar-refractivity contribution in [2.45, 2.75) is 32.6 Å². The van der Waals surface area contributed by atoms with Crippen LogP contribution in [0.5, 0.6) is 0 Å². The van der Waals surface area contributed by atoms with E-state index in [4.69, 9.17) is 0 Å². The van der Waals surface area contributed by atoms with Crippen molar-refractivity contribution in [3.05, 3.63) is 35.1 Å². The van der Waals surface area contributed by atoms with Gasteiger partial charge in [0.1, 0.15) is 5.82 Å². The Balaban J connectivity index is 2.07. The Kier molecular flexibility index (Phi) is 2.34. The third kappa shape index (κ3) is 1.90. The molecule has 1 saturated carbocycles. The predicted molar refractivity (Wildman–Crippen MR) is 52.2 cm³/mol. The van der Waals surface area contributed by atoms with Crippen LogP contribution >= 0.6 is 0 Å². The van der Waals surface area contributed by atoms with Gasteiger partial charge in [0.05, 0.1) is 0 Å². The SMILES string of the molecule is Cc1cc(CC2CCC2)ccc1F. The minimum absolute atomic E-state index is 0.0858. The Morgan fingerprint density at radius 1 is 1.38 bits per heavy atom. The molecule has 70 valence electrons. The first kappa shape index (κ1) is 8.74. The van der Waals surface area contributed by atoms with Crippen LogP contribution < -0.4 is 0 Å². The van der Waals surface area contributed by atoms with Crippen molar-refractivity contribution < 1.29 is 4.39 Å². The van der Waals surface area contributed by atoms with E-state index in [1.165, 1.54) is 24.8 Å². The van der Waals surface area contributed by atoms with Crippen molar-refractivity contribution in [1.29, 1.82) is 0 Å². The Bertz CT molecular complexity index is 300. The van der Waals surface area contributed by atoms with Crippen molar-refractivity contribution in [1.82, 2.24) is 0 Å². The molecule has 0 aliphatic heterocycles. The summed E-state index contributed by atoms with van der Waals surface area (Å²) in [6.45, 7) is 1.83. The second-order valence-corrected chi connectivity index (χ2v) is 4.08. The standard InChI is InChI=1S/C12H15F/c1-9-7-11(5-6-12(9)13)8-10-3-2-4-10/h5-7,10H,2-4,8H2,1H3. The highest BCUT2D eigenvalue weighted by atomic mass is 19.1. The third-order valence-corrected chi connectivity index (χ3v) is 2.97. The molecule has 1 aromatic carbocycles. The van der Waals surface area contributed by atoms with Gasteiger partial charge in [-0.2, -0.15) is 0 Å². The van der Waals surface area contributed by atoms with Gasteiger partial charge in [0.25, 0.3) is 0 Å². The summed E-state index contributed by atoms with van der Waals surface area (Å²) in [6.07, 6.45) is 5.23. The Morgan fingerprint density at radius 2 is 2.15 bits per heavy atom. The number of hydrogen-bond acceptors (Lipinski definition) is 0. The average molecular weight is 178 g/mol. The molecule has 0 nitrogen and oxygen atoms in total. The zero-order chi connectivity index (χ0) is 9.26. The zero-order valence-corrected chi connectivity index (χ0v) is 8.02. The van der Waals surface area contributed by atoms with E-state index in [1.54, 1.807) is 6.07 Å². The highest BCUT2D eigenvalue weighted by Gasteiger charge is 2.17. The molecule has 0 aromatic heterocycles. The monoisotopic (exact) mass is 178 g/mol. The largest absolute Gasteiger partial charge is 0.207 e. The molecular formula is C12H15F. The molecule has 1 aliphatic carbocycles. The smallest absolute Gasteiger partial charge is 0.126 e. The Labute approximate surface area is 78.8 Å². The summed E-state index contributed by atoms with van der Waals surface area (Å²) in [5.74, 6) is 0.780. The van der Waals surface area contributed by atoms with Gasteiger partial charge in [0.2, 0.25) is 0 Å². The van der Waals surface area contributed by atoms with E-state index >= 15 is 0 Å². The van der Waals surface area contributed by atoms with Gasteiger partial charge < -0.3 is 0 Å². The molecule has 0 radical (unpaired) electrons. The topological polar surface area (TPSA) is 0 Å². The number of halogens is 1. The molecule has 1 aromatic rings. The van der Waals surface area contributed by atoms with Crippen LogP contribution in [0.25, 0.3) is 0 Å². The molecular weight excluding hydrogens is 163 g/mol. The van der Waals surface area contributed by atoms with Gasteiger partial charge >= 0.3 is 0 Å². The normalized spacial score (nSPS) is 17.1. The summed E-state index contributed by atoms with van der Waals surface area (Å²) < 4.78 is 12.9. The van der Waals surface area contributed by atoms with Crippen molar-refractivity contribution in [2.75, 3.05) is 0 Å². The number of aryl methyl sites for hydroxylation is 1. The van der Waals surface area contributed by atoms with Crippen LogP contribution in [0.4, 0.5) is 4.39 Å². The molecule has 1 fully saturated rings. The van der Waals surface area contributed by atoms with Gasteiger partial charge in [0.15, 0.2) is 0 Å². The molecule has 1 aliphatic rings. The molecule has 1 heteroatoms. The summed E-state index contributed by atoms with van der Waals surface area (Å²) in [5, 5.41) is 0. The summed E-state index contributed by atoms with van der Waals surface area (Å²) in [5.41, 5.74) is 2.07. The molecule has 0 heterocycles. The fourth-order valence-corrected chi connectivity index (χ4v) is 1.86. The lowest BCUT2D eigenvalue weighted by atomic mass is 9.81. The first-order valence-corrected chi connectivity index (χ1v) is 5.01. The maximum atomic E-state index is 12.9. The molecule has 0 unspecified atom stereocenters. The maximum absolute atomic E-state index is 12.9. The molecule has 0 spiro atoms. The third-order valence-electron chi connectivity index (χ3n) is 2.97. The van der Waals surface area contributed by atoms with Crippen LogP contribution in [-0.2, 0) is 6.42 Å². The van der Waals surface area contributed by atoms with Crippen molar-refractivity contribution >= 4 is 0 Å². The maximum Gasteiger partial charge on any atom is 0.126 e. The van der Waals surface area contributed by atoms with Crippen LogP contribution in [0.2, 0.25) is 0 Å². The first-order chi connectivity index (χ1) is 6.25. The van der Waals surface area contributed by atoms with Crippen molar-refractivity contribution in [2.24, 2.45) is 5.92 Å². The van der Waals surface area contributed by atoms with Gasteiger partial charge in [-0.25, -0.2) is 4.39 Å². The second-order valence-electron chi connectivity index (χ2n) is 4.08. The molecule has 0 saturated heterocycles. The molecule has 0 N–H and O–H groups in total. The quantitative estimate of drug-likeness (QED) is 0.650. The fraction of sp³-hybridized carbons (Fsp3) is 0.500. The van der Waals surface area contributed by atoms with Crippen LogP contribution in [0.3, 0.4) is 0 Å². The van der Waals surface area contributed by atoms with Crippen LogP contribution in [0.1, 0.15) is 30.4 Å². The van der Waals surface area contributed by atoms with E-state index in [0.717, 1.165) is 17.9 Å². The van der Waals surface area contributed by atoms with Crippen LogP contribution in [0, 0.1) is 18.7 Å². The number of hydrogen-bond donors (Lipinski definition) is 0. The van der Waals surface area contributed by atoms with Crippen LogP contribution in [-0.4, -0.2) is 0 Å². The van der Waals surface area contributed by atoms with E-state index in [-0.39, 0.29) is 5.82 Å². The Morgan fingerprint density at radius 3 is 2.69 bits per heavy atom. The van der Waals surface area contributed by atoms with E-state index in [9.17, 15) is 4.39 Å². The summed E-state index contributed by atoms with van der Waals surface area (Å²) in [7, 11) is 0. The highest BCUT2D eigenvalue weighted by Crippen LogP contribution is 2.29. The van der Waals surface area contributed by atoms with E-state index in [1.807, 2.05) is 19.1 Å². The zero-order valence-electron chi connectivity index (χ0n) is 8.02. The predicted octanol–water partition coefficient (Wildman–Crippen LogP) is 3.48. The van der Waals surface area contributed by atoms with Gasteiger partial charge in [-0.1, -0.05) is 31.4 Å². The summed E-state index contributed by atoms with van der Waals surface area (Å²) in [4.78, 5) is 0. The van der Waals surface area contributed by atoms with Gasteiger partial charge in [0, 0.05) is 0 Å². The van der Waals surface area contributed by atoms with Crippen molar-refractivity contribution in [3.63, 3.8) is 0 Å². The molecule has 13 heavy (non-hydrogen) atoms. The highest BCUT2D eigenvalue weighted by molar-refractivity contribution is 5.24. The minimum atomic E-state index is -0.0858. The average Bonchev–Trinajstić information content (AvgIpc) is 2.04. The fourth-order valence-electron chi connectivity index (χ4n) is 1.86. The lowest BCUT2D eigenvalue weighted by molar-refractivity contribution is 0.314. The summed E-state index contributed by atoms with van der Waals surface area (Å²) in [6, 6.07) is 5.48. The van der Waals surface area contributed by atoms with E-state index in [0.29, 0.717) is 0 Å². The number of benzene rings is 1. The number of rotatable bonds is 2. The molecule has 2 rings (SSSR count).